The fourth-order valence-electron chi connectivity index (χ4n) is 1.36. The van der Waals surface area contributed by atoms with E-state index in [0.717, 1.165) is 12.1 Å². The number of benzene rings is 1. The van der Waals surface area contributed by atoms with Crippen LogP contribution in [0.3, 0.4) is 0 Å². The van der Waals surface area contributed by atoms with E-state index < -0.39 is 17.5 Å². The van der Waals surface area contributed by atoms with Gasteiger partial charge in [0.15, 0.2) is 0 Å². The van der Waals surface area contributed by atoms with Crippen LogP contribution < -0.4 is 16.8 Å². The van der Waals surface area contributed by atoms with Crippen LogP contribution in [0.5, 0.6) is 0 Å². The van der Waals surface area contributed by atoms with E-state index in [0.29, 0.717) is 6.42 Å². The van der Waals surface area contributed by atoms with E-state index in [-0.39, 0.29) is 29.2 Å². The monoisotopic (exact) mass is 273 g/mol. The van der Waals surface area contributed by atoms with E-state index in [1.165, 1.54) is 0 Å². The van der Waals surface area contributed by atoms with E-state index in [4.69, 9.17) is 11.5 Å². The zero-order chi connectivity index (χ0) is 13.7. The molecule has 7 heteroatoms. The standard InChI is InChI=1S/C11H13F2N3OS/c12-7-4-6(11(15)18)5-8(13)10(7)16-3-1-2-9(14)17/h4-5,16H,1-3H2,(H2,14,17)(H2,15,18). The molecule has 0 aliphatic heterocycles. The fourth-order valence-corrected chi connectivity index (χ4v) is 1.48. The Morgan fingerprint density at radius 1 is 1.28 bits per heavy atom. The van der Waals surface area contributed by atoms with Crippen LogP contribution in [-0.2, 0) is 4.79 Å². The Kier molecular flexibility index (Phi) is 4.96. The van der Waals surface area contributed by atoms with Crippen LogP contribution in [0.4, 0.5) is 14.5 Å². The Balaban J connectivity index is 2.72. The van der Waals surface area contributed by atoms with Crippen LogP contribution >= 0.6 is 12.2 Å². The first-order valence-corrected chi connectivity index (χ1v) is 5.63. The van der Waals surface area contributed by atoms with Crippen LogP contribution in [0.25, 0.3) is 0 Å². The van der Waals surface area contributed by atoms with E-state index in [1.807, 2.05) is 0 Å². The molecule has 4 nitrogen and oxygen atoms in total. The molecule has 0 unspecified atom stereocenters. The zero-order valence-corrected chi connectivity index (χ0v) is 10.3. The summed E-state index contributed by atoms with van der Waals surface area (Å²) in [6.07, 6.45) is 0.548. The molecule has 0 aromatic heterocycles. The lowest BCUT2D eigenvalue weighted by molar-refractivity contribution is -0.118. The fraction of sp³-hybridized carbons (Fsp3) is 0.273. The summed E-state index contributed by atoms with van der Waals surface area (Å²) in [6.45, 7) is 0.239. The highest BCUT2D eigenvalue weighted by Gasteiger charge is 2.11. The van der Waals surface area contributed by atoms with Crippen molar-refractivity contribution in [3.05, 3.63) is 29.3 Å². The summed E-state index contributed by atoms with van der Waals surface area (Å²) in [4.78, 5) is 10.4. The predicted molar refractivity (Wildman–Crippen MR) is 69.2 cm³/mol. The van der Waals surface area contributed by atoms with Gasteiger partial charge >= 0.3 is 0 Å². The molecule has 0 spiro atoms. The number of hydrogen-bond donors (Lipinski definition) is 3. The van der Waals surface area contributed by atoms with Crippen molar-refractivity contribution in [2.45, 2.75) is 12.8 Å². The van der Waals surface area contributed by atoms with Crippen molar-refractivity contribution < 1.29 is 13.6 Å². The van der Waals surface area contributed by atoms with Crippen molar-refractivity contribution in [2.24, 2.45) is 11.5 Å². The Hall–Kier alpha value is -1.76. The Morgan fingerprint density at radius 3 is 2.28 bits per heavy atom. The summed E-state index contributed by atoms with van der Waals surface area (Å²) >= 11 is 4.63. The van der Waals surface area contributed by atoms with E-state index in [9.17, 15) is 13.6 Å². The molecule has 1 aromatic carbocycles. The van der Waals surface area contributed by atoms with Gasteiger partial charge in [0.1, 0.15) is 22.3 Å². The quantitative estimate of drug-likeness (QED) is 0.538. The third-order valence-electron chi connectivity index (χ3n) is 2.23. The van der Waals surface area contributed by atoms with Crippen LogP contribution in [0, 0.1) is 11.6 Å². The van der Waals surface area contributed by atoms with E-state index in [1.54, 1.807) is 0 Å². The molecule has 0 saturated carbocycles. The number of primary amides is 1. The molecule has 1 amide bonds. The van der Waals surface area contributed by atoms with Gasteiger partial charge in [-0.05, 0) is 18.6 Å². The number of nitrogens with one attached hydrogen (secondary N) is 1. The molecule has 18 heavy (non-hydrogen) atoms. The summed E-state index contributed by atoms with van der Waals surface area (Å²) in [5.74, 6) is -2.02. The minimum atomic E-state index is -0.781. The first kappa shape index (κ1) is 14.3. The highest BCUT2D eigenvalue weighted by Crippen LogP contribution is 2.20. The second-order valence-corrected chi connectivity index (χ2v) is 4.12. The average Bonchev–Trinajstić information content (AvgIpc) is 2.26. The summed E-state index contributed by atoms with van der Waals surface area (Å²) in [6, 6.07) is 2.11. The van der Waals surface area contributed by atoms with Gasteiger partial charge < -0.3 is 16.8 Å². The van der Waals surface area contributed by atoms with Crippen molar-refractivity contribution in [2.75, 3.05) is 11.9 Å². The molecule has 0 bridgehead atoms. The topological polar surface area (TPSA) is 81.1 Å². The summed E-state index contributed by atoms with van der Waals surface area (Å²) in [7, 11) is 0. The molecule has 0 fully saturated rings. The lowest BCUT2D eigenvalue weighted by Gasteiger charge is -2.09. The van der Waals surface area contributed by atoms with Gasteiger partial charge in [-0.3, -0.25) is 4.79 Å². The van der Waals surface area contributed by atoms with Gasteiger partial charge in [-0.1, -0.05) is 12.2 Å². The zero-order valence-electron chi connectivity index (χ0n) is 9.50. The molecule has 0 heterocycles. The number of nitrogens with two attached hydrogens (primary N) is 2. The largest absolute Gasteiger partial charge is 0.389 e. The number of thiocarbonyl (C=S) groups is 1. The molecular formula is C11H13F2N3OS. The third-order valence-corrected chi connectivity index (χ3v) is 2.46. The lowest BCUT2D eigenvalue weighted by Crippen LogP contribution is -2.14. The number of halogens is 2. The average molecular weight is 273 g/mol. The summed E-state index contributed by atoms with van der Waals surface area (Å²) in [5, 5.41) is 2.56. The smallest absolute Gasteiger partial charge is 0.217 e. The maximum Gasteiger partial charge on any atom is 0.217 e. The van der Waals surface area contributed by atoms with Crippen LogP contribution in [-0.4, -0.2) is 17.4 Å². The summed E-state index contributed by atoms with van der Waals surface area (Å²) < 4.78 is 27.1. The number of carbonyl (C=O) groups is 1. The van der Waals surface area contributed by atoms with Gasteiger partial charge in [-0.15, -0.1) is 0 Å². The second-order valence-electron chi connectivity index (χ2n) is 3.68. The van der Waals surface area contributed by atoms with Crippen molar-refractivity contribution in [1.29, 1.82) is 0 Å². The summed E-state index contributed by atoms with van der Waals surface area (Å²) in [5.41, 5.74) is 10.1. The molecule has 1 rings (SSSR count). The lowest BCUT2D eigenvalue weighted by atomic mass is 10.2. The molecule has 1 aromatic rings. The second kappa shape index (κ2) is 6.25. The van der Waals surface area contributed by atoms with Gasteiger partial charge in [-0.2, -0.15) is 0 Å². The number of rotatable bonds is 6. The first-order chi connectivity index (χ1) is 8.41. The van der Waals surface area contributed by atoms with E-state index in [2.05, 4.69) is 17.5 Å². The Labute approximate surface area is 108 Å². The highest BCUT2D eigenvalue weighted by atomic mass is 32.1. The predicted octanol–water partition coefficient (Wildman–Crippen LogP) is 1.28. The van der Waals surface area contributed by atoms with Crippen molar-refractivity contribution >= 4 is 28.8 Å². The maximum absolute atomic E-state index is 13.5. The molecular weight excluding hydrogens is 260 g/mol. The molecule has 0 atom stereocenters. The first-order valence-electron chi connectivity index (χ1n) is 5.23. The molecule has 0 aliphatic rings. The van der Waals surface area contributed by atoms with Gasteiger partial charge in [-0.25, -0.2) is 8.78 Å². The number of amides is 1. The molecule has 0 saturated heterocycles. The number of anilines is 1. The molecule has 5 N–H and O–H groups in total. The number of carbonyl (C=O) groups excluding carboxylic acids is 1. The number of hydrogen-bond acceptors (Lipinski definition) is 3. The molecule has 98 valence electrons. The Morgan fingerprint density at radius 2 is 1.83 bits per heavy atom. The van der Waals surface area contributed by atoms with Gasteiger partial charge in [0.25, 0.3) is 0 Å². The van der Waals surface area contributed by atoms with Gasteiger partial charge in [0.05, 0.1) is 0 Å². The van der Waals surface area contributed by atoms with Crippen LogP contribution in [0.1, 0.15) is 18.4 Å². The minimum absolute atomic E-state index is 0.0759. The van der Waals surface area contributed by atoms with Gasteiger partial charge in [0, 0.05) is 18.5 Å². The van der Waals surface area contributed by atoms with Crippen molar-refractivity contribution in [3.8, 4) is 0 Å². The molecule has 0 aliphatic carbocycles. The van der Waals surface area contributed by atoms with Crippen molar-refractivity contribution in [1.82, 2.24) is 0 Å². The van der Waals surface area contributed by atoms with E-state index >= 15 is 0 Å². The third kappa shape index (κ3) is 3.92. The highest BCUT2D eigenvalue weighted by molar-refractivity contribution is 7.80. The van der Waals surface area contributed by atoms with Crippen molar-refractivity contribution in [3.63, 3.8) is 0 Å². The molecule has 0 radical (unpaired) electrons. The minimum Gasteiger partial charge on any atom is -0.389 e. The normalized spacial score (nSPS) is 10.1. The Bertz CT molecular complexity index is 456. The SMILES string of the molecule is NC(=O)CCCNc1c(F)cc(C(N)=S)cc1F. The van der Waals surface area contributed by atoms with Gasteiger partial charge in [0.2, 0.25) is 5.91 Å². The van der Waals surface area contributed by atoms with Crippen LogP contribution in [0.15, 0.2) is 12.1 Å². The maximum atomic E-state index is 13.5. The van der Waals surface area contributed by atoms with Crippen LogP contribution in [0.2, 0.25) is 0 Å².